The maximum atomic E-state index is 12.0. The summed E-state index contributed by atoms with van der Waals surface area (Å²) in [6.45, 7) is 3.25. The lowest BCUT2D eigenvalue weighted by Gasteiger charge is -2.21. The summed E-state index contributed by atoms with van der Waals surface area (Å²) in [5.74, 6) is 0.587. The van der Waals surface area contributed by atoms with Crippen molar-refractivity contribution in [3.8, 4) is 0 Å². The molecule has 1 heterocycles. The highest BCUT2D eigenvalue weighted by atomic mass is 79.9. The summed E-state index contributed by atoms with van der Waals surface area (Å²) in [5, 5.41) is 3.78. The number of carbonyl (C=O) groups is 1. The van der Waals surface area contributed by atoms with Crippen molar-refractivity contribution in [3.05, 3.63) is 51.9 Å². The molecule has 0 saturated heterocycles. The smallest absolute Gasteiger partial charge is 0.260 e. The van der Waals surface area contributed by atoms with Crippen molar-refractivity contribution >= 4 is 43.8 Å². The molecule has 134 valence electrons. The van der Waals surface area contributed by atoms with Gasteiger partial charge in [0.25, 0.3) is 5.91 Å². The summed E-state index contributed by atoms with van der Waals surface area (Å²) >= 11 is 3.31. The van der Waals surface area contributed by atoms with Crippen molar-refractivity contribution in [2.24, 2.45) is 5.10 Å². The summed E-state index contributed by atoms with van der Waals surface area (Å²) < 4.78 is 31.2. The molecule has 0 bridgehead atoms. The van der Waals surface area contributed by atoms with Crippen LogP contribution in [0.5, 0.6) is 0 Å². The first-order valence-corrected chi connectivity index (χ1v) is 9.93. The van der Waals surface area contributed by atoms with Crippen LogP contribution >= 0.6 is 15.9 Å². The van der Waals surface area contributed by atoms with E-state index in [0.717, 1.165) is 20.6 Å². The van der Waals surface area contributed by atoms with Gasteiger partial charge in [-0.3, -0.25) is 9.10 Å². The first kappa shape index (κ1) is 19.2. The van der Waals surface area contributed by atoms with E-state index in [1.54, 1.807) is 31.2 Å². The number of amides is 1. The molecule has 1 aromatic heterocycles. The van der Waals surface area contributed by atoms with Crippen molar-refractivity contribution in [1.82, 2.24) is 5.43 Å². The molecule has 0 atom stereocenters. The van der Waals surface area contributed by atoms with E-state index in [4.69, 9.17) is 4.42 Å². The van der Waals surface area contributed by atoms with Gasteiger partial charge >= 0.3 is 0 Å². The number of rotatable bonds is 6. The van der Waals surface area contributed by atoms with Gasteiger partial charge in [0.15, 0.2) is 0 Å². The minimum Gasteiger partial charge on any atom is -0.459 e. The summed E-state index contributed by atoms with van der Waals surface area (Å²) in [4.78, 5) is 12.0. The second kappa shape index (κ2) is 7.83. The fraction of sp³-hybridized carbons (Fsp3) is 0.250. The third-order valence-corrected chi connectivity index (χ3v) is 5.16. The zero-order chi connectivity index (χ0) is 18.6. The molecule has 0 aliphatic heterocycles. The molecule has 1 aromatic carbocycles. The fourth-order valence-corrected chi connectivity index (χ4v) is 3.22. The minimum absolute atomic E-state index is 0.375. The van der Waals surface area contributed by atoms with E-state index in [1.807, 2.05) is 13.0 Å². The van der Waals surface area contributed by atoms with Crippen LogP contribution in [0.2, 0.25) is 0 Å². The van der Waals surface area contributed by atoms with Crippen LogP contribution in [-0.4, -0.2) is 33.3 Å². The number of hydrogen-bond acceptors (Lipinski definition) is 5. The van der Waals surface area contributed by atoms with Gasteiger partial charge in [-0.2, -0.15) is 5.10 Å². The van der Waals surface area contributed by atoms with Gasteiger partial charge < -0.3 is 4.42 Å². The Morgan fingerprint density at radius 1 is 1.36 bits per heavy atom. The van der Waals surface area contributed by atoms with E-state index in [2.05, 4.69) is 26.5 Å². The molecule has 2 aromatic rings. The Labute approximate surface area is 154 Å². The van der Waals surface area contributed by atoms with E-state index in [1.165, 1.54) is 6.21 Å². The van der Waals surface area contributed by atoms with Crippen molar-refractivity contribution in [3.63, 3.8) is 0 Å². The summed E-state index contributed by atoms with van der Waals surface area (Å²) in [6, 6.07) is 8.61. The van der Waals surface area contributed by atoms with E-state index < -0.39 is 15.9 Å². The highest BCUT2D eigenvalue weighted by molar-refractivity contribution is 9.10. The molecule has 0 aliphatic rings. The third kappa shape index (κ3) is 5.43. The van der Waals surface area contributed by atoms with Crippen LogP contribution in [0.3, 0.4) is 0 Å². The predicted molar refractivity (Wildman–Crippen MR) is 100 cm³/mol. The highest BCUT2D eigenvalue weighted by Gasteiger charge is 2.20. The van der Waals surface area contributed by atoms with Crippen LogP contribution in [0.1, 0.15) is 17.1 Å². The standard InChI is InChI=1S/C16H18BrN3O4S/c1-11-5-4-6-13(7-11)20(25(3,22)23)10-16(21)19-18-9-14-8-15(17)12(2)24-14/h4-9H,10H2,1-3H3,(H,19,21)/b18-9-. The zero-order valence-corrected chi connectivity index (χ0v) is 16.4. The van der Waals surface area contributed by atoms with Gasteiger partial charge in [0.1, 0.15) is 18.1 Å². The number of sulfonamides is 1. The first-order chi connectivity index (χ1) is 11.7. The number of nitrogens with one attached hydrogen (secondary N) is 1. The second-order valence-electron chi connectivity index (χ2n) is 5.45. The van der Waals surface area contributed by atoms with E-state index >= 15 is 0 Å². The Morgan fingerprint density at radius 3 is 2.64 bits per heavy atom. The summed E-state index contributed by atoms with van der Waals surface area (Å²) in [7, 11) is -3.61. The van der Waals surface area contributed by atoms with Gasteiger partial charge in [0, 0.05) is 6.07 Å². The number of carbonyl (C=O) groups excluding carboxylic acids is 1. The third-order valence-electron chi connectivity index (χ3n) is 3.23. The van der Waals surface area contributed by atoms with Gasteiger partial charge in [0.2, 0.25) is 10.0 Å². The molecule has 0 aliphatic carbocycles. The lowest BCUT2D eigenvalue weighted by molar-refractivity contribution is -0.119. The number of anilines is 1. The molecule has 0 spiro atoms. The first-order valence-electron chi connectivity index (χ1n) is 7.29. The molecular formula is C16H18BrN3O4S. The van der Waals surface area contributed by atoms with Gasteiger partial charge in [-0.05, 0) is 47.5 Å². The summed E-state index contributed by atoms with van der Waals surface area (Å²) in [6.07, 6.45) is 2.39. The Balaban J connectivity index is 2.07. The lowest BCUT2D eigenvalue weighted by Crippen LogP contribution is -2.39. The van der Waals surface area contributed by atoms with E-state index in [0.29, 0.717) is 17.2 Å². The largest absolute Gasteiger partial charge is 0.459 e. The van der Waals surface area contributed by atoms with Crippen molar-refractivity contribution in [2.75, 3.05) is 17.1 Å². The molecule has 0 saturated carbocycles. The van der Waals surface area contributed by atoms with Gasteiger partial charge in [-0.15, -0.1) is 0 Å². The topological polar surface area (TPSA) is 92.0 Å². The number of hydrazone groups is 1. The molecule has 0 unspecified atom stereocenters. The Kier molecular flexibility index (Phi) is 6.02. The molecule has 0 radical (unpaired) electrons. The molecule has 1 amide bonds. The number of nitrogens with zero attached hydrogens (tertiary/aromatic N) is 2. The Hall–Kier alpha value is -2.13. The van der Waals surface area contributed by atoms with Gasteiger partial charge in [0.05, 0.1) is 22.6 Å². The number of furan rings is 1. The molecule has 2 rings (SSSR count). The van der Waals surface area contributed by atoms with Crippen molar-refractivity contribution in [2.45, 2.75) is 13.8 Å². The van der Waals surface area contributed by atoms with Crippen LogP contribution in [-0.2, 0) is 14.8 Å². The molecule has 0 fully saturated rings. The monoisotopic (exact) mass is 427 g/mol. The lowest BCUT2D eigenvalue weighted by atomic mass is 10.2. The molecule has 1 N–H and O–H groups in total. The summed E-state index contributed by atoms with van der Waals surface area (Å²) in [5.41, 5.74) is 3.61. The fourth-order valence-electron chi connectivity index (χ4n) is 2.06. The number of hydrogen-bond donors (Lipinski definition) is 1. The average Bonchev–Trinajstić information content (AvgIpc) is 2.82. The highest BCUT2D eigenvalue weighted by Crippen LogP contribution is 2.19. The predicted octanol–water partition coefficient (Wildman–Crippen LogP) is 2.58. The van der Waals surface area contributed by atoms with E-state index in [-0.39, 0.29) is 6.54 Å². The zero-order valence-electron chi connectivity index (χ0n) is 14.0. The number of benzene rings is 1. The van der Waals surface area contributed by atoms with Crippen molar-refractivity contribution in [1.29, 1.82) is 0 Å². The SMILES string of the molecule is Cc1cccc(N(CC(=O)N/N=C\c2cc(Br)c(C)o2)S(C)(=O)=O)c1. The van der Waals surface area contributed by atoms with Crippen LogP contribution in [0.25, 0.3) is 0 Å². The van der Waals surface area contributed by atoms with Crippen LogP contribution in [0, 0.1) is 13.8 Å². The minimum atomic E-state index is -3.61. The maximum absolute atomic E-state index is 12.0. The van der Waals surface area contributed by atoms with Crippen LogP contribution < -0.4 is 9.73 Å². The second-order valence-corrected chi connectivity index (χ2v) is 8.22. The van der Waals surface area contributed by atoms with Gasteiger partial charge in [-0.25, -0.2) is 13.8 Å². The van der Waals surface area contributed by atoms with Crippen LogP contribution in [0.15, 0.2) is 44.3 Å². The van der Waals surface area contributed by atoms with Crippen molar-refractivity contribution < 1.29 is 17.6 Å². The normalized spacial score (nSPS) is 11.7. The van der Waals surface area contributed by atoms with E-state index in [9.17, 15) is 13.2 Å². The van der Waals surface area contributed by atoms with Gasteiger partial charge in [-0.1, -0.05) is 12.1 Å². The molecule has 25 heavy (non-hydrogen) atoms. The Morgan fingerprint density at radius 2 is 2.08 bits per heavy atom. The van der Waals surface area contributed by atoms with Crippen LogP contribution in [0.4, 0.5) is 5.69 Å². The Bertz CT molecular complexity index is 886. The maximum Gasteiger partial charge on any atom is 0.260 e. The average molecular weight is 428 g/mol. The molecular weight excluding hydrogens is 410 g/mol. The number of halogens is 1. The quantitative estimate of drug-likeness (QED) is 0.566. The molecule has 7 nitrogen and oxygen atoms in total. The number of aryl methyl sites for hydroxylation is 2. The molecule has 9 heteroatoms.